The summed E-state index contributed by atoms with van der Waals surface area (Å²) in [5.74, 6) is 2.00. The predicted molar refractivity (Wildman–Crippen MR) is 317 cm³/mol. The smallest absolute Gasteiger partial charge is 0.162 e. The molecule has 3 heterocycles. The van der Waals surface area contributed by atoms with Crippen molar-refractivity contribution in [3.05, 3.63) is 107 Å². The molecule has 0 saturated carbocycles. The van der Waals surface area contributed by atoms with Crippen LogP contribution in [0.3, 0.4) is 0 Å². The fourth-order valence-corrected chi connectivity index (χ4v) is 11.0. The van der Waals surface area contributed by atoms with Crippen LogP contribution in [0.2, 0.25) is 0 Å². The molecule has 1 aliphatic rings. The van der Waals surface area contributed by atoms with Crippen LogP contribution in [0.5, 0.6) is 0 Å². The summed E-state index contributed by atoms with van der Waals surface area (Å²) in [5.41, 5.74) is 5.97. The van der Waals surface area contributed by atoms with Gasteiger partial charge in [-0.15, -0.1) is 0 Å². The standard InChI is InChI=1S/C64H104N8O6/c1-45(2)24-59-41-75-50(10)34-68(14)62(27-48(7)8)44-78-64(30-55-18-17-19-56(28-55)36-72-38-58(32-66-72)52(12)74)40-70(16)60(25-46(3)4)42-76-49(9)33-67(13)61(26-47(5)6)43-77-63(39-69(59)15)29-53-20-22-54(23-21-53)35-71-37-57(31-65-71)51(11)73/h17-23,28,31-32,37-38,45-50,59-64H,24-27,29-30,33-36,39-44H2,1-16H3/t49-,50-,59+,60+,61+,62+,63-,64-/m1/s1. The lowest BCUT2D eigenvalue weighted by Crippen LogP contribution is -2.47. The number of Topliss-reactive ketones (excluding diaryl/α,β-unsaturated/α-hetero) is 2. The van der Waals surface area contributed by atoms with Gasteiger partial charge in [0, 0.05) is 62.7 Å². The van der Waals surface area contributed by atoms with E-state index < -0.39 is 0 Å². The van der Waals surface area contributed by atoms with Gasteiger partial charge in [-0.1, -0.05) is 104 Å². The summed E-state index contributed by atoms with van der Waals surface area (Å²) in [4.78, 5) is 33.9. The Morgan fingerprint density at radius 3 is 1.22 bits per heavy atom. The van der Waals surface area contributed by atoms with Crippen molar-refractivity contribution in [2.24, 2.45) is 23.7 Å². The Bertz CT molecular complexity index is 2330. The number of carbonyl (C=O) groups excluding carboxylic acids is 2. The number of rotatable bonds is 18. The van der Waals surface area contributed by atoms with Crippen LogP contribution in [-0.2, 0) is 44.9 Å². The summed E-state index contributed by atoms with van der Waals surface area (Å²) < 4.78 is 31.8. The van der Waals surface area contributed by atoms with Crippen LogP contribution in [0.1, 0.15) is 152 Å². The molecule has 1 aliphatic heterocycles. The predicted octanol–water partition coefficient (Wildman–Crippen LogP) is 10.3. The summed E-state index contributed by atoms with van der Waals surface area (Å²) in [7, 11) is 8.99. The zero-order valence-electron chi connectivity index (χ0n) is 51.2. The van der Waals surface area contributed by atoms with E-state index in [0.29, 0.717) is 74.3 Å². The molecule has 2 aromatic heterocycles. The molecule has 8 atom stereocenters. The number of hydrogen-bond acceptors (Lipinski definition) is 12. The van der Waals surface area contributed by atoms with Crippen LogP contribution in [0, 0.1) is 23.7 Å². The Balaban J connectivity index is 1.42. The average Bonchev–Trinajstić information content (AvgIpc) is 4.05. The van der Waals surface area contributed by atoms with Crippen LogP contribution in [0.25, 0.3) is 0 Å². The second-order valence-electron chi connectivity index (χ2n) is 25.1. The Morgan fingerprint density at radius 2 is 0.833 bits per heavy atom. The lowest BCUT2D eigenvalue weighted by molar-refractivity contribution is -0.0536. The van der Waals surface area contributed by atoms with Gasteiger partial charge in [-0.2, -0.15) is 10.2 Å². The van der Waals surface area contributed by atoms with Crippen molar-refractivity contribution in [1.29, 1.82) is 0 Å². The van der Waals surface area contributed by atoms with Gasteiger partial charge < -0.3 is 18.9 Å². The fourth-order valence-electron chi connectivity index (χ4n) is 11.0. The van der Waals surface area contributed by atoms with Gasteiger partial charge in [0.05, 0.1) is 87.5 Å². The molecule has 1 saturated heterocycles. The van der Waals surface area contributed by atoms with E-state index in [1.54, 1.807) is 26.2 Å². The maximum atomic E-state index is 12.0. The summed E-state index contributed by atoms with van der Waals surface area (Å²) in [5, 5.41) is 8.91. The molecule has 78 heavy (non-hydrogen) atoms. The van der Waals surface area contributed by atoms with Gasteiger partial charge in [-0.05, 0) is 140 Å². The van der Waals surface area contributed by atoms with Crippen molar-refractivity contribution in [1.82, 2.24) is 39.2 Å². The minimum atomic E-state index is -0.0667. The molecule has 436 valence electrons. The third-order valence-corrected chi connectivity index (χ3v) is 15.4. The van der Waals surface area contributed by atoms with E-state index in [2.05, 4.69) is 176 Å². The van der Waals surface area contributed by atoms with E-state index in [0.717, 1.165) is 75.8 Å². The number of ether oxygens (including phenoxy) is 4. The van der Waals surface area contributed by atoms with Crippen LogP contribution < -0.4 is 0 Å². The second kappa shape index (κ2) is 32.4. The first-order chi connectivity index (χ1) is 37.0. The molecule has 14 heteroatoms. The Hall–Kier alpha value is -4.12. The van der Waals surface area contributed by atoms with Gasteiger partial charge in [-0.3, -0.25) is 38.6 Å². The van der Waals surface area contributed by atoms with E-state index in [1.807, 2.05) is 21.8 Å². The molecule has 0 radical (unpaired) electrons. The monoisotopic (exact) mass is 1080 g/mol. The maximum absolute atomic E-state index is 12.0. The highest BCUT2D eigenvalue weighted by atomic mass is 16.5. The number of nitrogens with zero attached hydrogens (tertiary/aromatic N) is 8. The van der Waals surface area contributed by atoms with Gasteiger partial charge in [0.25, 0.3) is 0 Å². The number of benzene rings is 2. The Labute approximate surface area is 471 Å². The summed E-state index contributed by atoms with van der Waals surface area (Å²) in [6.07, 6.45) is 12.4. The van der Waals surface area contributed by atoms with Crippen LogP contribution in [0.4, 0.5) is 0 Å². The molecule has 1 fully saturated rings. The lowest BCUT2D eigenvalue weighted by atomic mass is 10.0. The zero-order chi connectivity index (χ0) is 57.1. The van der Waals surface area contributed by atoms with Crippen molar-refractivity contribution in [3.63, 3.8) is 0 Å². The van der Waals surface area contributed by atoms with Gasteiger partial charge in [0.1, 0.15) is 0 Å². The highest BCUT2D eigenvalue weighted by molar-refractivity contribution is 5.93. The molecule has 0 N–H and O–H groups in total. The minimum absolute atomic E-state index is 0.0112. The first-order valence-electron chi connectivity index (χ1n) is 29.5. The Morgan fingerprint density at radius 1 is 0.487 bits per heavy atom. The van der Waals surface area contributed by atoms with E-state index in [1.165, 1.54) is 11.1 Å². The molecule has 4 aromatic rings. The van der Waals surface area contributed by atoms with E-state index in [4.69, 9.17) is 18.9 Å². The first-order valence-corrected chi connectivity index (χ1v) is 29.5. The van der Waals surface area contributed by atoms with Gasteiger partial charge >= 0.3 is 0 Å². The molecule has 0 spiro atoms. The highest BCUT2D eigenvalue weighted by Crippen LogP contribution is 2.23. The zero-order valence-corrected chi connectivity index (χ0v) is 51.2. The SMILES string of the molecule is CC(=O)c1cnn(Cc2ccc(C[C@@H]3CN(C)[C@@H](CC(C)C)CO[C@H](C)CN(C)[C@@H](CC(C)C)CO[C@H](Cc4cccc(Cn5cc(C(C)=O)cn5)c4)CN(C)[C@@H](CC(C)C)CO[C@H](C)CN(C)[C@@H](CC(C)C)CO3)cc2)c1. The van der Waals surface area contributed by atoms with Gasteiger partial charge in [0.2, 0.25) is 0 Å². The lowest BCUT2D eigenvalue weighted by Gasteiger charge is -2.37. The number of ketones is 2. The Kier molecular flexibility index (Phi) is 26.8. The summed E-state index contributed by atoms with van der Waals surface area (Å²) in [6.45, 7) is 32.9. The van der Waals surface area contributed by atoms with Crippen molar-refractivity contribution >= 4 is 11.6 Å². The highest BCUT2D eigenvalue weighted by Gasteiger charge is 2.29. The van der Waals surface area contributed by atoms with Gasteiger partial charge in [0.15, 0.2) is 11.6 Å². The van der Waals surface area contributed by atoms with Gasteiger partial charge in [-0.25, -0.2) is 0 Å². The summed E-state index contributed by atoms with van der Waals surface area (Å²) >= 11 is 0. The average molecular weight is 1080 g/mol. The molecule has 0 bridgehead atoms. The third-order valence-electron chi connectivity index (χ3n) is 15.4. The van der Waals surface area contributed by atoms with Crippen LogP contribution in [-0.4, -0.2) is 180 Å². The van der Waals surface area contributed by atoms with Crippen LogP contribution in [0.15, 0.2) is 73.3 Å². The number of carbonyl (C=O) groups is 2. The topological polar surface area (TPSA) is 120 Å². The largest absolute Gasteiger partial charge is 0.376 e. The van der Waals surface area contributed by atoms with E-state index in [9.17, 15) is 9.59 Å². The second-order valence-corrected chi connectivity index (χ2v) is 25.1. The van der Waals surface area contributed by atoms with Crippen LogP contribution >= 0.6 is 0 Å². The molecule has 5 rings (SSSR count). The maximum Gasteiger partial charge on any atom is 0.162 e. The molecule has 0 amide bonds. The first kappa shape index (κ1) is 64.7. The number of aromatic nitrogens is 4. The minimum Gasteiger partial charge on any atom is -0.376 e. The van der Waals surface area contributed by atoms with E-state index >= 15 is 0 Å². The van der Waals surface area contributed by atoms with E-state index in [-0.39, 0.29) is 60.1 Å². The molecule has 0 aliphatic carbocycles. The number of likely N-dealkylation sites (N-methyl/N-ethyl adjacent to an activating group) is 4. The third kappa shape index (κ3) is 22.8. The fraction of sp³-hybridized carbons (Fsp3) is 0.688. The molecule has 14 nitrogen and oxygen atoms in total. The number of hydrogen-bond donors (Lipinski definition) is 0. The molecular formula is C64H104N8O6. The van der Waals surface area contributed by atoms with Crippen molar-refractivity contribution in [3.8, 4) is 0 Å². The normalized spacial score (nSPS) is 24.6. The van der Waals surface area contributed by atoms with Crippen molar-refractivity contribution in [2.75, 3.05) is 80.8 Å². The summed E-state index contributed by atoms with van der Waals surface area (Å²) in [6, 6.07) is 18.4. The quantitative estimate of drug-likeness (QED) is 0.0883. The van der Waals surface area contributed by atoms with Crippen molar-refractivity contribution in [2.45, 2.75) is 183 Å². The van der Waals surface area contributed by atoms with Crippen molar-refractivity contribution < 1.29 is 28.5 Å². The molecule has 0 unspecified atom stereocenters. The molecule has 2 aromatic carbocycles. The molecular weight excluding hydrogens is 977 g/mol.